The highest BCUT2D eigenvalue weighted by Crippen LogP contribution is 2.08. The molecular weight excluding hydrogens is 260 g/mol. The van der Waals surface area contributed by atoms with Gasteiger partial charge >= 0.3 is 12.1 Å². The van der Waals surface area contributed by atoms with Crippen LogP contribution in [-0.4, -0.2) is 28.8 Å². The summed E-state index contributed by atoms with van der Waals surface area (Å²) in [6.45, 7) is 5.17. The monoisotopic (exact) mass is 279 g/mol. The van der Waals surface area contributed by atoms with Gasteiger partial charge in [-0.15, -0.1) is 0 Å². The first-order valence-electron chi connectivity index (χ1n) is 6.04. The maximum atomic E-state index is 11.6. The van der Waals surface area contributed by atoms with Gasteiger partial charge in [-0.05, 0) is 26.3 Å². The van der Waals surface area contributed by atoms with E-state index in [-0.39, 0.29) is 12.6 Å². The second-order valence-corrected chi connectivity index (χ2v) is 5.23. The average molecular weight is 279 g/mol. The number of ether oxygens (including phenoxy) is 1. The first-order valence-corrected chi connectivity index (χ1v) is 6.04. The number of hydrogen-bond donors (Lipinski definition) is 2. The summed E-state index contributed by atoms with van der Waals surface area (Å²) < 4.78 is 5.04. The quantitative estimate of drug-likeness (QED) is 0.875. The number of amides is 1. The van der Waals surface area contributed by atoms with Gasteiger partial charge in [0.15, 0.2) is 0 Å². The normalized spacial score (nSPS) is 11.9. The van der Waals surface area contributed by atoms with Crippen LogP contribution in [0.2, 0.25) is 0 Å². The lowest BCUT2D eigenvalue weighted by molar-refractivity contribution is -0.139. The Kier molecular flexibility index (Phi) is 6.72. The molecule has 1 atom stereocenters. The van der Waals surface area contributed by atoms with E-state index >= 15 is 0 Å². The fourth-order valence-electron chi connectivity index (χ4n) is 1.50. The minimum atomic E-state index is -1.09. The van der Waals surface area contributed by atoms with Gasteiger partial charge in [-0.2, -0.15) is 0 Å². The Morgan fingerprint density at radius 3 is 2.25 bits per heavy atom. The predicted molar refractivity (Wildman–Crippen MR) is 73.1 cm³/mol. The third-order valence-corrected chi connectivity index (χ3v) is 2.27. The Bertz CT molecular complexity index is 440. The molecular formula is C14H19N2O4. The highest BCUT2D eigenvalue weighted by Gasteiger charge is 2.23. The van der Waals surface area contributed by atoms with Crippen molar-refractivity contribution in [2.45, 2.75) is 38.8 Å². The topological polar surface area (TPSA) is 106 Å². The molecule has 2 N–H and O–H groups in total. The van der Waals surface area contributed by atoms with Crippen LogP contribution in [0.4, 0.5) is 4.79 Å². The van der Waals surface area contributed by atoms with Crippen LogP contribution >= 0.6 is 0 Å². The van der Waals surface area contributed by atoms with Gasteiger partial charge in [0.1, 0.15) is 11.6 Å². The molecule has 0 heterocycles. The molecule has 1 aromatic carbocycles. The van der Waals surface area contributed by atoms with Gasteiger partial charge in [-0.3, -0.25) is 0 Å². The van der Waals surface area contributed by atoms with E-state index in [1.165, 1.54) is 0 Å². The predicted octanol–water partition coefficient (Wildman–Crippen LogP) is 1.73. The molecule has 0 saturated heterocycles. The van der Waals surface area contributed by atoms with Gasteiger partial charge in [-0.1, -0.05) is 30.3 Å². The van der Waals surface area contributed by atoms with Crippen molar-refractivity contribution in [1.29, 1.82) is 0 Å². The Labute approximate surface area is 118 Å². The molecule has 1 amide bonds. The van der Waals surface area contributed by atoms with Gasteiger partial charge in [0.25, 0.3) is 0 Å². The van der Waals surface area contributed by atoms with Crippen LogP contribution in [0.15, 0.2) is 30.3 Å². The highest BCUT2D eigenvalue weighted by atomic mass is 16.6. The van der Waals surface area contributed by atoms with E-state index in [9.17, 15) is 9.59 Å². The van der Waals surface area contributed by atoms with Crippen molar-refractivity contribution in [1.82, 2.24) is 11.5 Å². The van der Waals surface area contributed by atoms with Gasteiger partial charge in [0.05, 0.1) is 0 Å². The molecule has 0 spiro atoms. The number of alkyl carbamates (subject to hydrolysis) is 1. The molecule has 0 aliphatic carbocycles. The molecule has 0 aromatic heterocycles. The minimum absolute atomic E-state index is 0. The second kappa shape index (κ2) is 7.49. The Morgan fingerprint density at radius 1 is 1.25 bits per heavy atom. The first kappa shape index (κ1) is 17.9. The Morgan fingerprint density at radius 2 is 1.80 bits per heavy atom. The zero-order chi connectivity index (χ0) is 14.5. The van der Waals surface area contributed by atoms with Crippen LogP contribution < -0.4 is 11.5 Å². The summed E-state index contributed by atoms with van der Waals surface area (Å²) in [5, 5.41) is 11.5. The van der Waals surface area contributed by atoms with Crippen LogP contribution in [0.3, 0.4) is 0 Å². The molecule has 0 aliphatic rings. The van der Waals surface area contributed by atoms with Crippen molar-refractivity contribution in [3.63, 3.8) is 0 Å². The smallest absolute Gasteiger partial charge is 0.408 e. The standard InChI is InChI=1S/C14H19NO4.N/c1-14(2,3)19-13(18)15-11(12(16)17)9-10-7-5-4-6-8-10;/h4-8,11H,9H2,1-3H3,(H,15,18)(H,16,17);/t11-;/m1./s1. The summed E-state index contributed by atoms with van der Waals surface area (Å²) in [5.74, 6) is -1.09. The highest BCUT2D eigenvalue weighted by molar-refractivity contribution is 5.80. The van der Waals surface area contributed by atoms with Crippen LogP contribution in [0.5, 0.6) is 0 Å². The van der Waals surface area contributed by atoms with Crippen LogP contribution in [-0.2, 0) is 16.0 Å². The third-order valence-electron chi connectivity index (χ3n) is 2.27. The number of nitrogens with zero attached hydrogens (tertiary/aromatic N) is 1. The second-order valence-electron chi connectivity index (χ2n) is 5.23. The minimum Gasteiger partial charge on any atom is -0.480 e. The molecule has 20 heavy (non-hydrogen) atoms. The molecule has 109 valence electrons. The van der Waals surface area contributed by atoms with E-state index in [4.69, 9.17) is 9.84 Å². The van der Waals surface area contributed by atoms with Crippen molar-refractivity contribution >= 4 is 12.1 Å². The van der Waals surface area contributed by atoms with Crippen molar-refractivity contribution in [2.24, 2.45) is 0 Å². The van der Waals surface area contributed by atoms with Gasteiger partial charge in [-0.25, -0.2) is 9.59 Å². The molecule has 3 radical (unpaired) electrons. The fourth-order valence-corrected chi connectivity index (χ4v) is 1.50. The molecule has 0 aliphatic heterocycles. The molecule has 1 rings (SSSR count). The molecule has 6 nitrogen and oxygen atoms in total. The summed E-state index contributed by atoms with van der Waals surface area (Å²) in [4.78, 5) is 22.7. The van der Waals surface area contributed by atoms with Gasteiger partial charge < -0.3 is 15.2 Å². The van der Waals surface area contributed by atoms with E-state index in [0.29, 0.717) is 0 Å². The summed E-state index contributed by atoms with van der Waals surface area (Å²) in [7, 11) is 0. The lowest BCUT2D eigenvalue weighted by Gasteiger charge is -2.22. The maximum absolute atomic E-state index is 11.6. The summed E-state index contributed by atoms with van der Waals surface area (Å²) in [5.41, 5.74) is 0.186. The van der Waals surface area contributed by atoms with E-state index in [1.807, 2.05) is 30.3 Å². The zero-order valence-electron chi connectivity index (χ0n) is 11.8. The molecule has 0 unspecified atom stereocenters. The number of carbonyl (C=O) groups is 2. The SMILES string of the molecule is CC(C)(C)OC(=O)N[C@H](Cc1ccccc1)C(=O)O.[N]. The lowest BCUT2D eigenvalue weighted by atomic mass is 10.1. The first-order chi connectivity index (χ1) is 8.78. The number of rotatable bonds is 4. The molecule has 0 saturated carbocycles. The largest absolute Gasteiger partial charge is 0.480 e. The van der Waals surface area contributed by atoms with E-state index in [2.05, 4.69) is 5.32 Å². The van der Waals surface area contributed by atoms with Crippen LogP contribution in [0.25, 0.3) is 0 Å². The summed E-state index contributed by atoms with van der Waals surface area (Å²) in [6, 6.07) is 8.11. The Balaban J connectivity index is 0.00000361. The van der Waals surface area contributed by atoms with Crippen molar-refractivity contribution in [3.8, 4) is 0 Å². The Hall–Kier alpha value is -2.08. The molecule has 0 bridgehead atoms. The third kappa shape index (κ3) is 6.75. The summed E-state index contributed by atoms with van der Waals surface area (Å²) >= 11 is 0. The van der Waals surface area contributed by atoms with Crippen molar-refractivity contribution in [2.75, 3.05) is 0 Å². The van der Waals surface area contributed by atoms with Gasteiger partial charge in [0.2, 0.25) is 0 Å². The molecule has 6 heteroatoms. The maximum Gasteiger partial charge on any atom is 0.408 e. The zero-order valence-corrected chi connectivity index (χ0v) is 11.8. The number of hydrogen-bond acceptors (Lipinski definition) is 3. The molecule has 0 fully saturated rings. The van der Waals surface area contributed by atoms with E-state index < -0.39 is 23.7 Å². The number of benzene rings is 1. The van der Waals surface area contributed by atoms with Crippen molar-refractivity contribution in [3.05, 3.63) is 35.9 Å². The summed E-state index contributed by atoms with van der Waals surface area (Å²) in [6.07, 6.45) is -0.508. The van der Waals surface area contributed by atoms with Crippen molar-refractivity contribution < 1.29 is 19.4 Å². The van der Waals surface area contributed by atoms with Gasteiger partial charge in [0, 0.05) is 12.6 Å². The van der Waals surface area contributed by atoms with E-state index in [1.54, 1.807) is 20.8 Å². The number of carboxylic acid groups (broad SMARTS) is 1. The number of nitrogens with one attached hydrogen (secondary N) is 1. The van der Waals surface area contributed by atoms with Crippen LogP contribution in [0, 0.1) is 0 Å². The van der Waals surface area contributed by atoms with Crippen LogP contribution in [0.1, 0.15) is 26.3 Å². The number of aliphatic carboxylic acids is 1. The number of carbonyl (C=O) groups excluding carboxylic acids is 1. The molecule has 1 aromatic rings. The number of carboxylic acids is 1. The van der Waals surface area contributed by atoms with E-state index in [0.717, 1.165) is 5.56 Å². The lowest BCUT2D eigenvalue weighted by Crippen LogP contribution is -2.44. The average Bonchev–Trinajstić information content (AvgIpc) is 2.26. The fraction of sp³-hybridized carbons (Fsp3) is 0.429.